The highest BCUT2D eigenvalue weighted by atomic mass is 16.1. The molecular formula is C13H17NO. The average Bonchev–Trinajstić information content (AvgIpc) is 2.55. The quantitative estimate of drug-likeness (QED) is 0.748. The third kappa shape index (κ3) is 2.66. The number of hydrogen-bond acceptors (Lipinski definition) is 2. The van der Waals surface area contributed by atoms with Gasteiger partial charge in [-0.3, -0.25) is 0 Å². The average molecular weight is 203 g/mol. The topological polar surface area (TPSA) is 29.1 Å². The lowest BCUT2D eigenvalue weighted by molar-refractivity contribution is -0.109. The molecule has 1 aromatic carbocycles. The first-order valence-electron chi connectivity index (χ1n) is 5.66. The van der Waals surface area contributed by atoms with E-state index in [0.29, 0.717) is 6.04 Å². The van der Waals surface area contributed by atoms with E-state index in [1.54, 1.807) is 0 Å². The maximum absolute atomic E-state index is 10.8. The van der Waals surface area contributed by atoms with Gasteiger partial charge in [0.15, 0.2) is 0 Å². The molecular weight excluding hydrogens is 186 g/mol. The highest BCUT2D eigenvalue weighted by Crippen LogP contribution is 2.23. The number of carbonyl (C=O) groups excluding carboxylic acids is 1. The fourth-order valence-corrected chi connectivity index (χ4v) is 2.19. The van der Waals surface area contributed by atoms with Crippen molar-refractivity contribution in [3.63, 3.8) is 0 Å². The summed E-state index contributed by atoms with van der Waals surface area (Å²) in [4.78, 5) is 10.8. The van der Waals surface area contributed by atoms with Crippen LogP contribution in [0.2, 0.25) is 0 Å². The molecule has 80 valence electrons. The molecule has 1 aliphatic rings. The number of carbonyl (C=O) groups is 1. The number of hydrogen-bond donors (Lipinski definition) is 1. The molecule has 0 spiro atoms. The van der Waals surface area contributed by atoms with Crippen molar-refractivity contribution in [1.82, 2.24) is 5.32 Å². The minimum absolute atomic E-state index is 0.0395. The van der Waals surface area contributed by atoms with Crippen molar-refractivity contribution in [2.24, 2.45) is 0 Å². The summed E-state index contributed by atoms with van der Waals surface area (Å²) in [6.07, 6.45) is 5.51. The van der Waals surface area contributed by atoms with Crippen LogP contribution in [-0.2, 0) is 4.79 Å². The van der Waals surface area contributed by atoms with Gasteiger partial charge in [0.05, 0.1) is 6.04 Å². The molecule has 1 heterocycles. The lowest BCUT2D eigenvalue weighted by Gasteiger charge is -2.19. The van der Waals surface area contributed by atoms with E-state index in [1.807, 2.05) is 6.07 Å². The second-order valence-electron chi connectivity index (χ2n) is 4.16. The second kappa shape index (κ2) is 5.08. The normalized spacial score (nSPS) is 26.9. The molecule has 1 aromatic rings. The Morgan fingerprint density at radius 2 is 1.87 bits per heavy atom. The molecule has 2 heteroatoms. The van der Waals surface area contributed by atoms with E-state index in [4.69, 9.17) is 0 Å². The van der Waals surface area contributed by atoms with Gasteiger partial charge in [0.2, 0.25) is 0 Å². The molecule has 0 aromatic heterocycles. The van der Waals surface area contributed by atoms with E-state index in [0.717, 1.165) is 25.5 Å². The molecule has 1 saturated heterocycles. The first-order valence-corrected chi connectivity index (χ1v) is 5.66. The van der Waals surface area contributed by atoms with Crippen molar-refractivity contribution in [2.75, 3.05) is 0 Å². The lowest BCUT2D eigenvalue weighted by Crippen LogP contribution is -2.32. The molecule has 0 amide bonds. The molecule has 0 radical (unpaired) electrons. The van der Waals surface area contributed by atoms with Gasteiger partial charge in [0.1, 0.15) is 6.29 Å². The summed E-state index contributed by atoms with van der Waals surface area (Å²) in [5, 5.41) is 3.41. The number of nitrogens with one attached hydrogen (secondary N) is 1. The molecule has 2 atom stereocenters. The maximum Gasteiger partial charge on any atom is 0.136 e. The molecule has 0 aliphatic carbocycles. The maximum atomic E-state index is 10.8. The predicted molar refractivity (Wildman–Crippen MR) is 60.6 cm³/mol. The van der Waals surface area contributed by atoms with Gasteiger partial charge in [-0.1, -0.05) is 43.2 Å². The number of aldehydes is 1. The summed E-state index contributed by atoms with van der Waals surface area (Å²) < 4.78 is 0. The summed E-state index contributed by atoms with van der Waals surface area (Å²) >= 11 is 0. The molecule has 2 unspecified atom stereocenters. The van der Waals surface area contributed by atoms with E-state index in [1.165, 1.54) is 12.0 Å². The van der Waals surface area contributed by atoms with Crippen LogP contribution in [0.1, 0.15) is 37.3 Å². The molecule has 0 bridgehead atoms. The van der Waals surface area contributed by atoms with E-state index >= 15 is 0 Å². The van der Waals surface area contributed by atoms with E-state index in [9.17, 15) is 4.79 Å². The van der Waals surface area contributed by atoms with Gasteiger partial charge in [-0.15, -0.1) is 0 Å². The Kier molecular flexibility index (Phi) is 3.51. The first-order chi connectivity index (χ1) is 7.40. The lowest BCUT2D eigenvalue weighted by atomic mass is 10.0. The zero-order valence-corrected chi connectivity index (χ0v) is 8.86. The standard InChI is InChI=1S/C13H17NO/c15-10-12-8-4-5-9-13(14-12)11-6-2-1-3-7-11/h1-3,6-7,10,12-14H,4-5,8-9H2. The minimum atomic E-state index is 0.0395. The van der Waals surface area contributed by atoms with Crippen LogP contribution >= 0.6 is 0 Å². The Balaban J connectivity index is 2.10. The van der Waals surface area contributed by atoms with Crippen LogP contribution in [0.3, 0.4) is 0 Å². The van der Waals surface area contributed by atoms with E-state index in [2.05, 4.69) is 29.6 Å². The predicted octanol–water partition coefficient (Wildman–Crippen LogP) is 2.46. The van der Waals surface area contributed by atoms with Gasteiger partial charge in [0.25, 0.3) is 0 Å². The summed E-state index contributed by atoms with van der Waals surface area (Å²) in [5.41, 5.74) is 1.30. The Hall–Kier alpha value is -1.15. The smallest absolute Gasteiger partial charge is 0.136 e. The molecule has 1 fully saturated rings. The molecule has 1 N–H and O–H groups in total. The fourth-order valence-electron chi connectivity index (χ4n) is 2.19. The van der Waals surface area contributed by atoms with Crippen molar-refractivity contribution in [3.05, 3.63) is 35.9 Å². The first kappa shape index (κ1) is 10.4. The molecule has 2 nitrogen and oxygen atoms in total. The zero-order valence-electron chi connectivity index (χ0n) is 8.86. The third-order valence-electron chi connectivity index (χ3n) is 3.04. The molecule has 15 heavy (non-hydrogen) atoms. The Morgan fingerprint density at radius 1 is 1.13 bits per heavy atom. The van der Waals surface area contributed by atoms with Crippen LogP contribution in [0, 0.1) is 0 Å². The van der Waals surface area contributed by atoms with Gasteiger partial charge in [-0.05, 0) is 18.4 Å². The van der Waals surface area contributed by atoms with Gasteiger partial charge in [-0.2, -0.15) is 0 Å². The monoisotopic (exact) mass is 203 g/mol. The van der Waals surface area contributed by atoms with Crippen LogP contribution < -0.4 is 5.32 Å². The molecule has 1 aliphatic heterocycles. The summed E-state index contributed by atoms with van der Waals surface area (Å²) in [6.45, 7) is 0. The summed E-state index contributed by atoms with van der Waals surface area (Å²) in [5.74, 6) is 0. The van der Waals surface area contributed by atoms with E-state index < -0.39 is 0 Å². The highest BCUT2D eigenvalue weighted by Gasteiger charge is 2.19. The van der Waals surface area contributed by atoms with Crippen LogP contribution in [0.25, 0.3) is 0 Å². The zero-order chi connectivity index (χ0) is 10.5. The minimum Gasteiger partial charge on any atom is -0.302 e. The van der Waals surface area contributed by atoms with Gasteiger partial charge < -0.3 is 10.1 Å². The van der Waals surface area contributed by atoms with Crippen LogP contribution in [0.5, 0.6) is 0 Å². The largest absolute Gasteiger partial charge is 0.302 e. The van der Waals surface area contributed by atoms with Crippen molar-refractivity contribution in [3.8, 4) is 0 Å². The van der Waals surface area contributed by atoms with Gasteiger partial charge in [0, 0.05) is 6.04 Å². The Bertz CT molecular complexity index is 310. The number of rotatable bonds is 2. The van der Waals surface area contributed by atoms with Gasteiger partial charge in [-0.25, -0.2) is 0 Å². The van der Waals surface area contributed by atoms with E-state index in [-0.39, 0.29) is 6.04 Å². The van der Waals surface area contributed by atoms with Crippen molar-refractivity contribution < 1.29 is 4.79 Å². The SMILES string of the molecule is O=CC1CCCCC(c2ccccc2)N1. The Labute approximate surface area is 90.7 Å². The summed E-state index contributed by atoms with van der Waals surface area (Å²) in [7, 11) is 0. The van der Waals surface area contributed by atoms with Crippen molar-refractivity contribution >= 4 is 6.29 Å². The Morgan fingerprint density at radius 3 is 2.60 bits per heavy atom. The number of benzene rings is 1. The van der Waals surface area contributed by atoms with Crippen LogP contribution in [-0.4, -0.2) is 12.3 Å². The van der Waals surface area contributed by atoms with Crippen molar-refractivity contribution in [1.29, 1.82) is 0 Å². The fraction of sp³-hybridized carbons (Fsp3) is 0.462. The van der Waals surface area contributed by atoms with Crippen molar-refractivity contribution in [2.45, 2.75) is 37.8 Å². The molecule has 2 rings (SSSR count). The summed E-state index contributed by atoms with van der Waals surface area (Å²) in [6, 6.07) is 10.8. The van der Waals surface area contributed by atoms with Crippen LogP contribution in [0.4, 0.5) is 0 Å². The van der Waals surface area contributed by atoms with Gasteiger partial charge >= 0.3 is 0 Å². The molecule has 0 saturated carbocycles. The third-order valence-corrected chi connectivity index (χ3v) is 3.04. The van der Waals surface area contributed by atoms with Crippen LogP contribution in [0.15, 0.2) is 30.3 Å². The highest BCUT2D eigenvalue weighted by molar-refractivity contribution is 5.57. The second-order valence-corrected chi connectivity index (χ2v) is 4.16.